The van der Waals surface area contributed by atoms with Crippen molar-refractivity contribution < 1.29 is 4.79 Å². The molecule has 2 heterocycles. The normalized spacial score (nSPS) is 17.6. The van der Waals surface area contributed by atoms with Gasteiger partial charge >= 0.3 is 0 Å². The van der Waals surface area contributed by atoms with E-state index in [2.05, 4.69) is 17.2 Å². The van der Waals surface area contributed by atoms with E-state index < -0.39 is 0 Å². The molecule has 4 nitrogen and oxygen atoms in total. The monoisotopic (exact) mass is 275 g/mol. The van der Waals surface area contributed by atoms with Crippen LogP contribution < -0.4 is 5.32 Å². The van der Waals surface area contributed by atoms with Crippen LogP contribution in [0.3, 0.4) is 0 Å². The molecular weight excluding hydrogens is 250 g/mol. The maximum atomic E-state index is 12.4. The number of carbonyl (C=O) groups is 1. The molecule has 0 aliphatic carbocycles. The first-order valence-corrected chi connectivity index (χ1v) is 7.60. The molecule has 1 fully saturated rings. The number of aromatic nitrogens is 1. The molecule has 4 heteroatoms. The number of aryl methyl sites for hydroxylation is 1. The summed E-state index contributed by atoms with van der Waals surface area (Å²) in [7, 11) is 0. The summed E-state index contributed by atoms with van der Waals surface area (Å²) in [6.07, 6.45) is 8.44. The highest BCUT2D eigenvalue weighted by Crippen LogP contribution is 2.11. The van der Waals surface area contributed by atoms with Crippen molar-refractivity contribution in [3.8, 4) is 0 Å². The van der Waals surface area contributed by atoms with E-state index in [1.165, 1.54) is 18.4 Å². The summed E-state index contributed by atoms with van der Waals surface area (Å²) >= 11 is 0. The number of likely N-dealkylation sites (tertiary alicyclic amines) is 1. The maximum absolute atomic E-state index is 12.4. The Morgan fingerprint density at radius 3 is 2.70 bits per heavy atom. The van der Waals surface area contributed by atoms with E-state index in [1.54, 1.807) is 6.20 Å². The Labute approximate surface area is 121 Å². The fraction of sp³-hybridized carbons (Fsp3) is 0.625. The lowest BCUT2D eigenvalue weighted by molar-refractivity contribution is -0.133. The molecular formula is C16H25N3O. The predicted octanol–water partition coefficient (Wildman–Crippen LogP) is 2.27. The topological polar surface area (TPSA) is 45.2 Å². The number of carbonyl (C=O) groups excluding carboxylic acids is 1. The standard InChI is InChI=1S/C16H25N3O/c1-13-7-8-17-11-15(13)12-18-14(2)16(20)19-9-5-3-4-6-10-19/h7-8,11,14,18H,3-6,9-10,12H2,1-2H3. The number of amides is 1. The highest BCUT2D eigenvalue weighted by molar-refractivity contribution is 5.81. The van der Waals surface area contributed by atoms with E-state index in [4.69, 9.17) is 0 Å². The van der Waals surface area contributed by atoms with E-state index in [0.717, 1.165) is 31.5 Å². The molecule has 2 rings (SSSR count). The zero-order chi connectivity index (χ0) is 14.4. The average Bonchev–Trinajstić information content (AvgIpc) is 2.74. The van der Waals surface area contributed by atoms with Gasteiger partial charge in [-0.1, -0.05) is 12.8 Å². The highest BCUT2D eigenvalue weighted by atomic mass is 16.2. The number of nitrogens with zero attached hydrogens (tertiary/aromatic N) is 2. The van der Waals surface area contributed by atoms with Gasteiger partial charge in [0.15, 0.2) is 0 Å². The van der Waals surface area contributed by atoms with Crippen LogP contribution in [0, 0.1) is 6.92 Å². The van der Waals surface area contributed by atoms with E-state index in [9.17, 15) is 4.79 Å². The Kier molecular flexibility index (Phi) is 5.53. The second-order valence-corrected chi connectivity index (χ2v) is 5.64. The zero-order valence-electron chi connectivity index (χ0n) is 12.6. The summed E-state index contributed by atoms with van der Waals surface area (Å²) in [6, 6.07) is 1.87. The van der Waals surface area contributed by atoms with E-state index >= 15 is 0 Å². The minimum Gasteiger partial charge on any atom is -0.341 e. The molecule has 0 bridgehead atoms. The minimum atomic E-state index is -0.132. The third-order valence-electron chi connectivity index (χ3n) is 4.03. The van der Waals surface area contributed by atoms with Crippen LogP contribution in [0.25, 0.3) is 0 Å². The van der Waals surface area contributed by atoms with Crippen LogP contribution >= 0.6 is 0 Å². The largest absolute Gasteiger partial charge is 0.341 e. The van der Waals surface area contributed by atoms with Crippen LogP contribution in [-0.2, 0) is 11.3 Å². The molecule has 0 saturated carbocycles. The van der Waals surface area contributed by atoms with Crippen molar-refractivity contribution in [3.05, 3.63) is 29.6 Å². The molecule has 1 atom stereocenters. The van der Waals surface area contributed by atoms with Gasteiger partial charge in [-0.25, -0.2) is 0 Å². The summed E-state index contributed by atoms with van der Waals surface area (Å²) in [6.45, 7) is 6.55. The molecule has 1 saturated heterocycles. The minimum absolute atomic E-state index is 0.132. The molecule has 1 amide bonds. The van der Waals surface area contributed by atoms with Crippen molar-refractivity contribution in [1.82, 2.24) is 15.2 Å². The quantitative estimate of drug-likeness (QED) is 0.917. The molecule has 1 unspecified atom stereocenters. The van der Waals surface area contributed by atoms with E-state index in [1.807, 2.05) is 24.1 Å². The Bertz CT molecular complexity index is 439. The lowest BCUT2D eigenvalue weighted by Gasteiger charge is -2.24. The van der Waals surface area contributed by atoms with Crippen molar-refractivity contribution in [2.24, 2.45) is 0 Å². The average molecular weight is 275 g/mol. The van der Waals surface area contributed by atoms with Gasteiger partial charge in [-0.3, -0.25) is 9.78 Å². The molecule has 1 N–H and O–H groups in total. The third kappa shape index (κ3) is 4.04. The predicted molar refractivity (Wildman–Crippen MR) is 80.3 cm³/mol. The molecule has 1 aliphatic rings. The van der Waals surface area contributed by atoms with Gasteiger partial charge in [0.1, 0.15) is 0 Å². The van der Waals surface area contributed by atoms with Gasteiger partial charge in [0, 0.05) is 32.0 Å². The summed E-state index contributed by atoms with van der Waals surface area (Å²) in [5.41, 5.74) is 2.37. The molecule has 1 aromatic rings. The van der Waals surface area contributed by atoms with Gasteiger partial charge in [-0.2, -0.15) is 0 Å². The Balaban J connectivity index is 1.86. The third-order valence-corrected chi connectivity index (χ3v) is 4.03. The molecule has 1 aromatic heterocycles. The Morgan fingerprint density at radius 1 is 1.35 bits per heavy atom. The number of pyridine rings is 1. The second kappa shape index (κ2) is 7.39. The van der Waals surface area contributed by atoms with Crippen LogP contribution in [0.15, 0.2) is 18.5 Å². The smallest absolute Gasteiger partial charge is 0.239 e. The van der Waals surface area contributed by atoms with Crippen LogP contribution in [0.4, 0.5) is 0 Å². The van der Waals surface area contributed by atoms with Crippen LogP contribution in [-0.4, -0.2) is 34.9 Å². The Hall–Kier alpha value is -1.42. The first-order valence-electron chi connectivity index (χ1n) is 7.60. The molecule has 1 aliphatic heterocycles. The summed E-state index contributed by atoms with van der Waals surface area (Å²) < 4.78 is 0. The maximum Gasteiger partial charge on any atom is 0.239 e. The van der Waals surface area contributed by atoms with Crippen molar-refractivity contribution in [2.45, 2.75) is 52.1 Å². The molecule has 0 radical (unpaired) electrons. The lowest BCUT2D eigenvalue weighted by Crippen LogP contribution is -2.45. The van der Waals surface area contributed by atoms with Crippen molar-refractivity contribution >= 4 is 5.91 Å². The number of nitrogens with one attached hydrogen (secondary N) is 1. The molecule has 0 aromatic carbocycles. The van der Waals surface area contributed by atoms with Crippen LogP contribution in [0.2, 0.25) is 0 Å². The van der Waals surface area contributed by atoms with Gasteiger partial charge in [-0.15, -0.1) is 0 Å². The summed E-state index contributed by atoms with van der Waals surface area (Å²) in [4.78, 5) is 18.6. The fourth-order valence-corrected chi connectivity index (χ4v) is 2.60. The second-order valence-electron chi connectivity index (χ2n) is 5.64. The number of rotatable bonds is 4. The van der Waals surface area contributed by atoms with Crippen LogP contribution in [0.5, 0.6) is 0 Å². The van der Waals surface area contributed by atoms with Gasteiger partial charge in [-0.05, 0) is 43.9 Å². The molecule has 0 spiro atoms. The van der Waals surface area contributed by atoms with Gasteiger partial charge < -0.3 is 10.2 Å². The highest BCUT2D eigenvalue weighted by Gasteiger charge is 2.20. The first kappa shape index (κ1) is 15.0. The van der Waals surface area contributed by atoms with Crippen molar-refractivity contribution in [2.75, 3.05) is 13.1 Å². The SMILES string of the molecule is Cc1ccncc1CNC(C)C(=O)N1CCCCCC1. The number of hydrogen-bond acceptors (Lipinski definition) is 3. The van der Waals surface area contributed by atoms with Crippen molar-refractivity contribution in [1.29, 1.82) is 0 Å². The fourth-order valence-electron chi connectivity index (χ4n) is 2.60. The van der Waals surface area contributed by atoms with E-state index in [-0.39, 0.29) is 11.9 Å². The van der Waals surface area contributed by atoms with Gasteiger partial charge in [0.05, 0.1) is 6.04 Å². The van der Waals surface area contributed by atoms with Gasteiger partial charge in [0.2, 0.25) is 5.91 Å². The van der Waals surface area contributed by atoms with Crippen LogP contribution in [0.1, 0.15) is 43.7 Å². The Morgan fingerprint density at radius 2 is 2.05 bits per heavy atom. The first-order chi connectivity index (χ1) is 9.68. The van der Waals surface area contributed by atoms with Gasteiger partial charge in [0.25, 0.3) is 0 Å². The zero-order valence-corrected chi connectivity index (χ0v) is 12.6. The lowest BCUT2D eigenvalue weighted by atomic mass is 10.1. The number of hydrogen-bond donors (Lipinski definition) is 1. The summed E-state index contributed by atoms with van der Waals surface area (Å²) in [5, 5.41) is 3.33. The molecule has 20 heavy (non-hydrogen) atoms. The van der Waals surface area contributed by atoms with Crippen molar-refractivity contribution in [3.63, 3.8) is 0 Å². The molecule has 110 valence electrons. The van der Waals surface area contributed by atoms with E-state index in [0.29, 0.717) is 6.54 Å². The summed E-state index contributed by atoms with van der Waals surface area (Å²) in [5.74, 6) is 0.230.